The van der Waals surface area contributed by atoms with E-state index in [0.717, 1.165) is 18.2 Å². The lowest BCUT2D eigenvalue weighted by Crippen LogP contribution is -2.11. The summed E-state index contributed by atoms with van der Waals surface area (Å²) < 4.78 is 41.6. The SMILES string of the molecule is Cc1cc(C(F)(F)F)ccc1OCC(=O)O. The van der Waals surface area contributed by atoms with Crippen LogP contribution in [-0.2, 0) is 11.0 Å². The van der Waals surface area contributed by atoms with Crippen molar-refractivity contribution >= 4 is 5.97 Å². The maximum atomic E-state index is 12.3. The number of aliphatic carboxylic acids is 1. The van der Waals surface area contributed by atoms with E-state index in [1.807, 2.05) is 0 Å². The molecule has 6 heteroatoms. The standard InChI is InChI=1S/C10H9F3O3/c1-6-4-7(10(11,12)13)2-3-8(6)16-5-9(14)15/h2-4H,5H2,1H3,(H,14,15). The molecule has 0 aliphatic heterocycles. The molecule has 88 valence electrons. The number of carboxylic acid groups (broad SMARTS) is 1. The van der Waals surface area contributed by atoms with Crippen molar-refractivity contribution in [2.24, 2.45) is 0 Å². The fourth-order valence-corrected chi connectivity index (χ4v) is 1.13. The fraction of sp³-hybridized carbons (Fsp3) is 0.300. The quantitative estimate of drug-likeness (QED) is 0.873. The van der Waals surface area contributed by atoms with Crippen molar-refractivity contribution < 1.29 is 27.8 Å². The number of hydrogen-bond acceptors (Lipinski definition) is 2. The third-order valence-corrected chi connectivity index (χ3v) is 1.85. The molecule has 1 aromatic carbocycles. The lowest BCUT2D eigenvalue weighted by molar-refractivity contribution is -0.140. The summed E-state index contributed by atoms with van der Waals surface area (Å²) in [6.07, 6.45) is -4.41. The van der Waals surface area contributed by atoms with E-state index in [4.69, 9.17) is 9.84 Å². The van der Waals surface area contributed by atoms with Gasteiger partial charge >= 0.3 is 12.1 Å². The van der Waals surface area contributed by atoms with Gasteiger partial charge in [-0.05, 0) is 30.7 Å². The van der Waals surface area contributed by atoms with E-state index in [-0.39, 0.29) is 11.3 Å². The van der Waals surface area contributed by atoms with Crippen molar-refractivity contribution in [3.63, 3.8) is 0 Å². The van der Waals surface area contributed by atoms with Gasteiger partial charge in [-0.15, -0.1) is 0 Å². The Morgan fingerprint density at radius 2 is 2.06 bits per heavy atom. The summed E-state index contributed by atoms with van der Waals surface area (Å²) >= 11 is 0. The Kier molecular flexibility index (Phi) is 3.41. The zero-order valence-corrected chi connectivity index (χ0v) is 8.34. The summed E-state index contributed by atoms with van der Waals surface area (Å²) in [5.74, 6) is -1.05. The van der Waals surface area contributed by atoms with Gasteiger partial charge in [0, 0.05) is 0 Å². The van der Waals surface area contributed by atoms with Crippen LogP contribution in [0.2, 0.25) is 0 Å². The molecule has 0 radical (unpaired) electrons. The number of hydrogen-bond donors (Lipinski definition) is 1. The van der Waals surface area contributed by atoms with Gasteiger partial charge in [0.25, 0.3) is 0 Å². The van der Waals surface area contributed by atoms with Gasteiger partial charge in [-0.3, -0.25) is 0 Å². The van der Waals surface area contributed by atoms with Crippen LogP contribution in [0.25, 0.3) is 0 Å². The summed E-state index contributed by atoms with van der Waals surface area (Å²) in [4.78, 5) is 10.2. The smallest absolute Gasteiger partial charge is 0.416 e. The first-order valence-corrected chi connectivity index (χ1v) is 4.33. The highest BCUT2D eigenvalue weighted by atomic mass is 19.4. The van der Waals surface area contributed by atoms with E-state index >= 15 is 0 Å². The first kappa shape index (κ1) is 12.4. The molecule has 1 rings (SSSR count). The highest BCUT2D eigenvalue weighted by molar-refractivity contribution is 5.68. The zero-order valence-electron chi connectivity index (χ0n) is 8.34. The number of ether oxygens (including phenoxy) is 1. The molecular weight excluding hydrogens is 225 g/mol. The third-order valence-electron chi connectivity index (χ3n) is 1.85. The summed E-state index contributed by atoms with van der Waals surface area (Å²) in [5.41, 5.74) is -0.538. The lowest BCUT2D eigenvalue weighted by atomic mass is 10.1. The molecule has 0 aliphatic carbocycles. The second-order valence-corrected chi connectivity index (χ2v) is 3.16. The Morgan fingerprint density at radius 1 is 1.44 bits per heavy atom. The van der Waals surface area contributed by atoms with E-state index in [1.165, 1.54) is 6.92 Å². The zero-order chi connectivity index (χ0) is 12.3. The summed E-state index contributed by atoms with van der Waals surface area (Å²) in [6.45, 7) is 0.846. The highest BCUT2D eigenvalue weighted by Crippen LogP contribution is 2.32. The molecule has 3 nitrogen and oxygen atoms in total. The molecule has 0 heterocycles. The molecule has 0 unspecified atom stereocenters. The van der Waals surface area contributed by atoms with Crippen LogP contribution in [0.1, 0.15) is 11.1 Å². The second kappa shape index (κ2) is 4.42. The van der Waals surface area contributed by atoms with Crippen molar-refractivity contribution in [3.05, 3.63) is 29.3 Å². The predicted molar refractivity (Wildman–Crippen MR) is 49.3 cm³/mol. The van der Waals surface area contributed by atoms with Crippen molar-refractivity contribution in [2.45, 2.75) is 13.1 Å². The van der Waals surface area contributed by atoms with Crippen LogP contribution < -0.4 is 4.74 Å². The van der Waals surface area contributed by atoms with E-state index in [2.05, 4.69) is 0 Å². The molecule has 16 heavy (non-hydrogen) atoms. The average molecular weight is 234 g/mol. The molecule has 1 N–H and O–H groups in total. The molecule has 0 saturated heterocycles. The number of carboxylic acids is 1. The lowest BCUT2D eigenvalue weighted by Gasteiger charge is -2.11. The fourth-order valence-electron chi connectivity index (χ4n) is 1.13. The van der Waals surface area contributed by atoms with Crippen LogP contribution in [0.5, 0.6) is 5.75 Å². The van der Waals surface area contributed by atoms with Gasteiger partial charge in [0.2, 0.25) is 0 Å². The Morgan fingerprint density at radius 3 is 2.50 bits per heavy atom. The third kappa shape index (κ3) is 3.15. The van der Waals surface area contributed by atoms with E-state index in [9.17, 15) is 18.0 Å². The number of alkyl halides is 3. The number of halogens is 3. The first-order chi connectivity index (χ1) is 7.30. The second-order valence-electron chi connectivity index (χ2n) is 3.16. The maximum absolute atomic E-state index is 12.3. The molecule has 0 fully saturated rings. The Labute approximate surface area is 89.5 Å². The van der Waals surface area contributed by atoms with Gasteiger partial charge in [0.05, 0.1) is 5.56 Å². The van der Waals surface area contributed by atoms with E-state index in [1.54, 1.807) is 0 Å². The van der Waals surface area contributed by atoms with Crippen LogP contribution >= 0.6 is 0 Å². The summed E-state index contributed by atoms with van der Waals surface area (Å²) in [6, 6.07) is 2.88. The molecule has 0 saturated carbocycles. The number of rotatable bonds is 3. The molecule has 0 aliphatic rings. The monoisotopic (exact) mass is 234 g/mol. The molecule has 0 bridgehead atoms. The van der Waals surface area contributed by atoms with Crippen molar-refractivity contribution in [1.29, 1.82) is 0 Å². The molecule has 0 atom stereocenters. The Hall–Kier alpha value is -1.72. The van der Waals surface area contributed by atoms with Gasteiger partial charge < -0.3 is 9.84 Å². The van der Waals surface area contributed by atoms with Crippen LogP contribution in [0.4, 0.5) is 13.2 Å². The molecule has 1 aromatic rings. The van der Waals surface area contributed by atoms with Crippen molar-refractivity contribution in [2.75, 3.05) is 6.61 Å². The van der Waals surface area contributed by atoms with E-state index in [0.29, 0.717) is 0 Å². The summed E-state index contributed by atoms with van der Waals surface area (Å²) in [7, 11) is 0. The number of carbonyl (C=O) groups is 1. The van der Waals surface area contributed by atoms with Gasteiger partial charge in [-0.1, -0.05) is 0 Å². The minimum Gasteiger partial charge on any atom is -0.482 e. The van der Waals surface area contributed by atoms with Gasteiger partial charge in [0.1, 0.15) is 5.75 Å². The van der Waals surface area contributed by atoms with Crippen LogP contribution in [0, 0.1) is 6.92 Å². The van der Waals surface area contributed by atoms with Crippen LogP contribution in [0.3, 0.4) is 0 Å². The van der Waals surface area contributed by atoms with E-state index < -0.39 is 24.3 Å². The number of aryl methyl sites for hydroxylation is 1. The van der Waals surface area contributed by atoms with Gasteiger partial charge in [0.15, 0.2) is 6.61 Å². The highest BCUT2D eigenvalue weighted by Gasteiger charge is 2.30. The van der Waals surface area contributed by atoms with Gasteiger partial charge in [-0.2, -0.15) is 13.2 Å². The Bertz CT molecular complexity index is 399. The minimum absolute atomic E-state index is 0.135. The molecular formula is C10H9F3O3. The van der Waals surface area contributed by atoms with Crippen molar-refractivity contribution in [1.82, 2.24) is 0 Å². The molecule has 0 spiro atoms. The maximum Gasteiger partial charge on any atom is 0.416 e. The summed E-state index contributed by atoms with van der Waals surface area (Å²) in [5, 5.41) is 8.34. The minimum atomic E-state index is -4.41. The molecule has 0 amide bonds. The Balaban J connectivity index is 2.88. The first-order valence-electron chi connectivity index (χ1n) is 4.33. The normalized spacial score (nSPS) is 11.2. The average Bonchev–Trinajstić information content (AvgIpc) is 2.14. The molecule has 0 aromatic heterocycles. The number of benzene rings is 1. The predicted octanol–water partition coefficient (Wildman–Crippen LogP) is 2.48. The largest absolute Gasteiger partial charge is 0.482 e. The van der Waals surface area contributed by atoms with Crippen molar-refractivity contribution in [3.8, 4) is 5.75 Å². The van der Waals surface area contributed by atoms with Crippen LogP contribution in [0.15, 0.2) is 18.2 Å². The van der Waals surface area contributed by atoms with Crippen LogP contribution in [-0.4, -0.2) is 17.7 Å². The van der Waals surface area contributed by atoms with Gasteiger partial charge in [-0.25, -0.2) is 4.79 Å². The topological polar surface area (TPSA) is 46.5 Å².